The van der Waals surface area contributed by atoms with Crippen molar-refractivity contribution in [2.45, 2.75) is 32.3 Å². The smallest absolute Gasteiger partial charge is 0.341 e. The summed E-state index contributed by atoms with van der Waals surface area (Å²) in [6.45, 7) is 3.65. The monoisotopic (exact) mass is 433 g/mol. The first-order chi connectivity index (χ1) is 15.5. The molecule has 2 aromatic carbocycles. The number of carboxylic acid groups (broad SMARTS) is 1. The summed E-state index contributed by atoms with van der Waals surface area (Å²) >= 11 is 0. The van der Waals surface area contributed by atoms with E-state index >= 15 is 0 Å². The van der Waals surface area contributed by atoms with E-state index in [9.17, 15) is 9.90 Å². The molecule has 1 fully saturated rings. The Labute approximate surface area is 185 Å². The number of anilines is 1. The SMILES string of the molecule is CCc1ccccc1-n1c(N)c(C(=O)O)c2nc3ccccc3nc21.NCC1CCCO1. The molecule has 0 radical (unpaired) electrons. The third-order valence-electron chi connectivity index (χ3n) is 5.61. The minimum atomic E-state index is -1.11. The molecule has 1 saturated heterocycles. The summed E-state index contributed by atoms with van der Waals surface area (Å²) in [4.78, 5) is 21.0. The zero-order valence-electron chi connectivity index (χ0n) is 18.0. The van der Waals surface area contributed by atoms with Crippen molar-refractivity contribution in [1.29, 1.82) is 0 Å². The summed E-state index contributed by atoms with van der Waals surface area (Å²) in [5.74, 6) is -0.974. The molecule has 5 rings (SSSR count). The molecule has 1 aliphatic heterocycles. The average Bonchev–Trinajstić information content (AvgIpc) is 3.43. The molecule has 0 saturated carbocycles. The van der Waals surface area contributed by atoms with Gasteiger partial charge in [0.1, 0.15) is 16.9 Å². The van der Waals surface area contributed by atoms with E-state index in [0.717, 1.165) is 30.7 Å². The Morgan fingerprint density at radius 3 is 2.44 bits per heavy atom. The lowest BCUT2D eigenvalue weighted by Crippen LogP contribution is -2.17. The van der Waals surface area contributed by atoms with E-state index in [1.165, 1.54) is 6.42 Å². The van der Waals surface area contributed by atoms with Gasteiger partial charge in [0.15, 0.2) is 5.65 Å². The molecule has 0 bridgehead atoms. The highest BCUT2D eigenvalue weighted by Gasteiger charge is 2.25. The number of hydrogen-bond donors (Lipinski definition) is 3. The highest BCUT2D eigenvalue weighted by Crippen LogP contribution is 2.32. The molecule has 1 aliphatic rings. The molecule has 0 spiro atoms. The fraction of sp³-hybridized carbons (Fsp3) is 0.292. The number of nitrogens with two attached hydrogens (primary N) is 2. The van der Waals surface area contributed by atoms with Crippen LogP contribution in [-0.2, 0) is 11.2 Å². The number of aryl methyl sites for hydroxylation is 1. The first kappa shape index (κ1) is 21.7. The number of fused-ring (bicyclic) bond motifs is 2. The number of rotatable bonds is 4. The maximum Gasteiger partial charge on any atom is 0.341 e. The molecule has 1 atom stereocenters. The van der Waals surface area contributed by atoms with Gasteiger partial charge in [0, 0.05) is 13.2 Å². The van der Waals surface area contributed by atoms with Crippen LogP contribution >= 0.6 is 0 Å². The van der Waals surface area contributed by atoms with Gasteiger partial charge in [-0.2, -0.15) is 0 Å². The Kier molecular flexibility index (Phi) is 6.34. The second kappa shape index (κ2) is 9.33. The third kappa shape index (κ3) is 4.02. The standard InChI is InChI=1S/C19H16N4O2.C5H11NO/c1-2-11-7-3-6-10-14(11)23-17(20)15(19(24)25)16-18(23)22-13-9-5-4-8-12(13)21-16;6-4-5-2-1-3-7-5/h3-10H,2,20H2,1H3,(H,24,25);5H,1-4,6H2. The maximum atomic E-state index is 11.8. The zero-order valence-corrected chi connectivity index (χ0v) is 18.0. The Bertz CT molecular complexity index is 1260. The molecule has 0 amide bonds. The van der Waals surface area contributed by atoms with Crippen LogP contribution in [-0.4, -0.2) is 44.9 Å². The van der Waals surface area contributed by atoms with Crippen LogP contribution in [0.3, 0.4) is 0 Å². The van der Waals surface area contributed by atoms with Gasteiger partial charge in [-0.15, -0.1) is 0 Å². The van der Waals surface area contributed by atoms with Gasteiger partial charge in [-0.25, -0.2) is 14.8 Å². The molecule has 0 aliphatic carbocycles. The van der Waals surface area contributed by atoms with Gasteiger partial charge < -0.3 is 21.3 Å². The minimum Gasteiger partial charge on any atom is -0.477 e. The lowest BCUT2D eigenvalue weighted by molar-refractivity contribution is 0.0700. The highest BCUT2D eigenvalue weighted by molar-refractivity contribution is 6.08. The summed E-state index contributed by atoms with van der Waals surface area (Å²) in [6.07, 6.45) is 3.52. The van der Waals surface area contributed by atoms with E-state index in [4.69, 9.17) is 16.2 Å². The minimum absolute atomic E-state index is 0.0147. The van der Waals surface area contributed by atoms with Crippen LogP contribution in [0.2, 0.25) is 0 Å². The molecule has 8 nitrogen and oxygen atoms in total. The lowest BCUT2D eigenvalue weighted by atomic mass is 10.1. The van der Waals surface area contributed by atoms with Crippen LogP contribution in [0.1, 0.15) is 35.7 Å². The van der Waals surface area contributed by atoms with E-state index < -0.39 is 5.97 Å². The number of benzene rings is 2. The van der Waals surface area contributed by atoms with Gasteiger partial charge in [0.05, 0.1) is 22.8 Å². The van der Waals surface area contributed by atoms with Crippen molar-refractivity contribution in [2.24, 2.45) is 5.73 Å². The van der Waals surface area contributed by atoms with Crippen molar-refractivity contribution < 1.29 is 14.6 Å². The Balaban J connectivity index is 0.000000300. The van der Waals surface area contributed by atoms with Gasteiger partial charge in [-0.3, -0.25) is 4.57 Å². The van der Waals surface area contributed by atoms with Gasteiger partial charge >= 0.3 is 5.97 Å². The van der Waals surface area contributed by atoms with E-state index in [-0.39, 0.29) is 11.4 Å². The quantitative estimate of drug-likeness (QED) is 0.449. The lowest BCUT2D eigenvalue weighted by Gasteiger charge is -2.12. The second-order valence-electron chi connectivity index (χ2n) is 7.64. The van der Waals surface area contributed by atoms with Crippen molar-refractivity contribution in [3.63, 3.8) is 0 Å². The fourth-order valence-corrected chi connectivity index (χ4v) is 3.97. The first-order valence-corrected chi connectivity index (χ1v) is 10.7. The summed E-state index contributed by atoms with van der Waals surface area (Å²) in [5, 5.41) is 9.66. The van der Waals surface area contributed by atoms with Crippen molar-refractivity contribution in [3.8, 4) is 5.69 Å². The number of para-hydroxylation sites is 3. The number of nitrogen functional groups attached to an aromatic ring is 1. The molecule has 1 unspecified atom stereocenters. The maximum absolute atomic E-state index is 11.8. The Hall–Kier alpha value is -3.49. The van der Waals surface area contributed by atoms with E-state index in [1.54, 1.807) is 10.6 Å². The van der Waals surface area contributed by atoms with Crippen LogP contribution in [0, 0.1) is 0 Å². The van der Waals surface area contributed by atoms with Gasteiger partial charge in [-0.1, -0.05) is 37.3 Å². The van der Waals surface area contributed by atoms with Crippen molar-refractivity contribution in [1.82, 2.24) is 14.5 Å². The van der Waals surface area contributed by atoms with Crippen molar-refractivity contribution in [3.05, 3.63) is 59.7 Å². The Morgan fingerprint density at radius 2 is 1.84 bits per heavy atom. The second-order valence-corrected chi connectivity index (χ2v) is 7.64. The number of ether oxygens (including phenoxy) is 1. The number of carbonyl (C=O) groups is 1. The van der Waals surface area contributed by atoms with Crippen molar-refractivity contribution in [2.75, 3.05) is 18.9 Å². The van der Waals surface area contributed by atoms with Gasteiger partial charge in [-0.05, 0) is 43.0 Å². The molecule has 3 heterocycles. The number of aromatic carboxylic acids is 1. The predicted molar refractivity (Wildman–Crippen MR) is 125 cm³/mol. The number of hydrogen-bond acceptors (Lipinski definition) is 6. The van der Waals surface area contributed by atoms with Crippen LogP contribution in [0.5, 0.6) is 0 Å². The van der Waals surface area contributed by atoms with E-state index in [2.05, 4.69) is 9.97 Å². The average molecular weight is 434 g/mol. The molecule has 5 N–H and O–H groups in total. The summed E-state index contributed by atoms with van der Waals surface area (Å²) in [5.41, 5.74) is 15.5. The summed E-state index contributed by atoms with van der Waals surface area (Å²) in [7, 11) is 0. The molecule has 4 aromatic rings. The topological polar surface area (TPSA) is 129 Å². The van der Waals surface area contributed by atoms with Crippen molar-refractivity contribution >= 4 is 34.0 Å². The van der Waals surface area contributed by atoms with Crippen LogP contribution in [0.15, 0.2) is 48.5 Å². The first-order valence-electron chi connectivity index (χ1n) is 10.7. The van der Waals surface area contributed by atoms with Crippen LogP contribution in [0.25, 0.3) is 27.9 Å². The van der Waals surface area contributed by atoms with Crippen LogP contribution < -0.4 is 11.5 Å². The highest BCUT2D eigenvalue weighted by atomic mass is 16.5. The number of nitrogens with zero attached hydrogens (tertiary/aromatic N) is 3. The van der Waals surface area contributed by atoms with Gasteiger partial charge in [0.2, 0.25) is 0 Å². The third-order valence-corrected chi connectivity index (χ3v) is 5.61. The fourth-order valence-electron chi connectivity index (χ4n) is 3.97. The zero-order chi connectivity index (χ0) is 22.7. The summed E-state index contributed by atoms with van der Waals surface area (Å²) in [6, 6.07) is 15.1. The Morgan fingerprint density at radius 1 is 1.16 bits per heavy atom. The molecule has 2 aromatic heterocycles. The van der Waals surface area contributed by atoms with Gasteiger partial charge in [0.25, 0.3) is 0 Å². The van der Waals surface area contributed by atoms with E-state index in [1.807, 2.05) is 49.4 Å². The largest absolute Gasteiger partial charge is 0.477 e. The normalized spacial score (nSPS) is 15.6. The molecule has 8 heteroatoms. The molecule has 166 valence electrons. The number of aromatic nitrogens is 3. The summed E-state index contributed by atoms with van der Waals surface area (Å²) < 4.78 is 6.87. The number of carboxylic acids is 1. The molecular weight excluding hydrogens is 406 g/mol. The molecular formula is C24H27N5O3. The van der Waals surface area contributed by atoms with Crippen LogP contribution in [0.4, 0.5) is 5.82 Å². The van der Waals surface area contributed by atoms with E-state index in [0.29, 0.717) is 34.8 Å². The predicted octanol–water partition coefficient (Wildman–Crippen LogP) is 3.54. The molecule has 32 heavy (non-hydrogen) atoms.